The van der Waals surface area contributed by atoms with Gasteiger partial charge in [0.1, 0.15) is 0 Å². The summed E-state index contributed by atoms with van der Waals surface area (Å²) in [5.41, 5.74) is 0. The summed E-state index contributed by atoms with van der Waals surface area (Å²) in [5, 5.41) is 10.4. The second-order valence-corrected chi connectivity index (χ2v) is 3.12. The summed E-state index contributed by atoms with van der Waals surface area (Å²) >= 11 is 0. The van der Waals surface area contributed by atoms with Gasteiger partial charge in [0.2, 0.25) is 0 Å². The van der Waals surface area contributed by atoms with Crippen LogP contribution in [0, 0.1) is 17.8 Å². The first-order valence-electron chi connectivity index (χ1n) is 3.66. The van der Waals surface area contributed by atoms with Gasteiger partial charge in [-0.25, -0.2) is 0 Å². The maximum absolute atomic E-state index is 10.4. The number of carboxylic acids is 1. The Hall–Kier alpha value is -0.790. The molecule has 3 atom stereocenters. The van der Waals surface area contributed by atoms with Crippen LogP contribution < -0.4 is 5.11 Å². The second kappa shape index (κ2) is 1.84. The zero-order valence-corrected chi connectivity index (χ0v) is 5.62. The van der Waals surface area contributed by atoms with Crippen molar-refractivity contribution in [3.63, 3.8) is 0 Å². The van der Waals surface area contributed by atoms with E-state index in [2.05, 4.69) is 12.2 Å². The van der Waals surface area contributed by atoms with Crippen molar-refractivity contribution in [2.45, 2.75) is 12.8 Å². The highest BCUT2D eigenvalue weighted by Crippen LogP contribution is 2.52. The van der Waals surface area contributed by atoms with Gasteiger partial charge in [0.15, 0.2) is 0 Å². The number of rotatable bonds is 1. The molecule has 0 spiro atoms. The lowest BCUT2D eigenvalue weighted by Crippen LogP contribution is -2.25. The van der Waals surface area contributed by atoms with Crippen LogP contribution in [0.1, 0.15) is 12.8 Å². The van der Waals surface area contributed by atoms with E-state index in [0.29, 0.717) is 11.8 Å². The van der Waals surface area contributed by atoms with E-state index in [4.69, 9.17) is 0 Å². The highest BCUT2D eigenvalue weighted by Gasteiger charge is 2.49. The number of hydrogen-bond acceptors (Lipinski definition) is 2. The third kappa shape index (κ3) is 0.681. The Morgan fingerprint density at radius 1 is 1.30 bits per heavy atom. The summed E-state index contributed by atoms with van der Waals surface area (Å²) in [6.07, 6.45) is 6.04. The fourth-order valence-electron chi connectivity index (χ4n) is 1.94. The van der Waals surface area contributed by atoms with E-state index >= 15 is 0 Å². The third-order valence-corrected chi connectivity index (χ3v) is 2.59. The van der Waals surface area contributed by atoms with Crippen molar-refractivity contribution >= 4 is 5.97 Å². The van der Waals surface area contributed by atoms with Gasteiger partial charge >= 0.3 is 0 Å². The van der Waals surface area contributed by atoms with Crippen molar-refractivity contribution in [2.24, 2.45) is 17.8 Å². The molecule has 0 aromatic heterocycles. The minimum Gasteiger partial charge on any atom is -0.550 e. The van der Waals surface area contributed by atoms with Crippen molar-refractivity contribution in [2.75, 3.05) is 0 Å². The molecule has 10 heavy (non-hydrogen) atoms. The summed E-state index contributed by atoms with van der Waals surface area (Å²) in [5.74, 6) is -0.154. The summed E-state index contributed by atoms with van der Waals surface area (Å²) < 4.78 is 0. The Morgan fingerprint density at radius 2 is 1.80 bits per heavy atom. The molecule has 0 aliphatic heterocycles. The number of aliphatic carboxylic acids is 1. The van der Waals surface area contributed by atoms with Gasteiger partial charge < -0.3 is 9.90 Å². The van der Waals surface area contributed by atoms with Crippen molar-refractivity contribution in [1.29, 1.82) is 0 Å². The van der Waals surface area contributed by atoms with E-state index in [0.717, 1.165) is 12.8 Å². The standard InChI is InChI=1S/C8H10O2/c9-8(10)7-5-3-1-2-4-6(5)7/h1-2,5-7H,3-4H2,(H,9,10)/p-1/t5-,6+,7?. The van der Waals surface area contributed by atoms with E-state index in [1.807, 2.05) is 0 Å². The monoisotopic (exact) mass is 137 g/mol. The molecule has 54 valence electrons. The molecule has 0 saturated heterocycles. The summed E-state index contributed by atoms with van der Waals surface area (Å²) in [4.78, 5) is 10.4. The topological polar surface area (TPSA) is 40.1 Å². The van der Waals surface area contributed by atoms with Crippen LogP contribution in [-0.2, 0) is 4.79 Å². The smallest absolute Gasteiger partial charge is 0.0451 e. The van der Waals surface area contributed by atoms with Gasteiger partial charge in [0.25, 0.3) is 0 Å². The quantitative estimate of drug-likeness (QED) is 0.475. The van der Waals surface area contributed by atoms with Crippen LogP contribution in [0.15, 0.2) is 12.2 Å². The predicted molar refractivity (Wildman–Crippen MR) is 33.9 cm³/mol. The van der Waals surface area contributed by atoms with Gasteiger partial charge in [-0.1, -0.05) is 12.2 Å². The Balaban J connectivity index is 2.04. The first-order chi connectivity index (χ1) is 4.80. The molecule has 1 fully saturated rings. The summed E-state index contributed by atoms with van der Waals surface area (Å²) in [6, 6.07) is 0. The van der Waals surface area contributed by atoms with Gasteiger partial charge in [0.05, 0.1) is 0 Å². The molecule has 2 aliphatic rings. The van der Waals surface area contributed by atoms with Crippen LogP contribution in [0.5, 0.6) is 0 Å². The van der Waals surface area contributed by atoms with E-state index in [-0.39, 0.29) is 5.92 Å². The van der Waals surface area contributed by atoms with E-state index in [1.54, 1.807) is 0 Å². The lowest BCUT2D eigenvalue weighted by molar-refractivity contribution is -0.308. The average molecular weight is 137 g/mol. The number of fused-ring (bicyclic) bond motifs is 1. The molecule has 2 aliphatic carbocycles. The molecule has 1 saturated carbocycles. The predicted octanol–water partition coefficient (Wildman–Crippen LogP) is -0.0515. The number of carbonyl (C=O) groups excluding carboxylic acids is 1. The Labute approximate surface area is 59.5 Å². The second-order valence-electron chi connectivity index (χ2n) is 3.12. The molecule has 2 nitrogen and oxygen atoms in total. The fourth-order valence-corrected chi connectivity index (χ4v) is 1.94. The highest BCUT2D eigenvalue weighted by atomic mass is 16.4. The molecule has 2 heteroatoms. The molecular formula is C8H9O2-. The van der Waals surface area contributed by atoms with Crippen LogP contribution in [0.25, 0.3) is 0 Å². The van der Waals surface area contributed by atoms with Crippen molar-refractivity contribution in [1.82, 2.24) is 0 Å². The van der Waals surface area contributed by atoms with E-state index < -0.39 is 5.97 Å². The molecule has 1 unspecified atom stereocenters. The largest absolute Gasteiger partial charge is 0.550 e. The van der Waals surface area contributed by atoms with Gasteiger partial charge in [0, 0.05) is 11.9 Å². The molecule has 0 N–H and O–H groups in total. The van der Waals surface area contributed by atoms with Gasteiger partial charge in [-0.2, -0.15) is 0 Å². The van der Waals surface area contributed by atoms with Crippen LogP contribution in [0.4, 0.5) is 0 Å². The molecule has 0 amide bonds. The van der Waals surface area contributed by atoms with E-state index in [1.165, 1.54) is 0 Å². The average Bonchev–Trinajstić information content (AvgIpc) is 2.60. The van der Waals surface area contributed by atoms with Crippen molar-refractivity contribution < 1.29 is 9.90 Å². The molecule has 0 heterocycles. The van der Waals surface area contributed by atoms with Crippen LogP contribution >= 0.6 is 0 Å². The Bertz CT molecular complexity index is 181. The molecular weight excluding hydrogens is 128 g/mol. The fraction of sp³-hybridized carbons (Fsp3) is 0.625. The van der Waals surface area contributed by atoms with Gasteiger partial charge in [-0.15, -0.1) is 0 Å². The molecule has 2 rings (SSSR count). The third-order valence-electron chi connectivity index (χ3n) is 2.59. The minimum atomic E-state index is -0.848. The number of carboxylic acid groups (broad SMARTS) is 1. The number of carbonyl (C=O) groups is 1. The van der Waals surface area contributed by atoms with Gasteiger partial charge in [-0.05, 0) is 24.7 Å². The zero-order valence-electron chi connectivity index (χ0n) is 5.62. The lowest BCUT2D eigenvalue weighted by atomic mass is 10.1. The normalized spacial score (nSPS) is 42.6. The number of hydrogen-bond donors (Lipinski definition) is 0. The van der Waals surface area contributed by atoms with Crippen molar-refractivity contribution in [3.8, 4) is 0 Å². The minimum absolute atomic E-state index is 0.130. The summed E-state index contributed by atoms with van der Waals surface area (Å²) in [6.45, 7) is 0. The molecule has 0 radical (unpaired) electrons. The number of allylic oxidation sites excluding steroid dienone is 2. The highest BCUT2D eigenvalue weighted by molar-refractivity contribution is 5.72. The molecule has 0 aromatic carbocycles. The van der Waals surface area contributed by atoms with Crippen molar-refractivity contribution in [3.05, 3.63) is 12.2 Å². The summed E-state index contributed by atoms with van der Waals surface area (Å²) in [7, 11) is 0. The van der Waals surface area contributed by atoms with Gasteiger partial charge in [-0.3, -0.25) is 0 Å². The Morgan fingerprint density at radius 3 is 2.20 bits per heavy atom. The van der Waals surface area contributed by atoms with Crippen LogP contribution in [0.2, 0.25) is 0 Å². The first kappa shape index (κ1) is 5.96. The van der Waals surface area contributed by atoms with Crippen LogP contribution in [-0.4, -0.2) is 5.97 Å². The first-order valence-corrected chi connectivity index (χ1v) is 3.66. The lowest BCUT2D eigenvalue weighted by Gasteiger charge is -1.96. The maximum atomic E-state index is 10.4. The Kier molecular flexibility index (Phi) is 1.10. The maximum Gasteiger partial charge on any atom is 0.0451 e. The van der Waals surface area contributed by atoms with E-state index in [9.17, 15) is 9.90 Å². The van der Waals surface area contributed by atoms with Crippen LogP contribution in [0.3, 0.4) is 0 Å². The molecule has 0 aromatic rings. The molecule has 0 bridgehead atoms. The zero-order chi connectivity index (χ0) is 7.14. The SMILES string of the molecule is O=C([O-])C1[C@H]2CC=CC[C@@H]12.